The highest BCUT2D eigenvalue weighted by Gasteiger charge is 2.16. The number of aromatic amines is 1. The predicted molar refractivity (Wildman–Crippen MR) is 130 cm³/mol. The molecule has 9 heteroatoms. The Hall–Kier alpha value is -3.98. The molecule has 33 heavy (non-hydrogen) atoms. The van der Waals surface area contributed by atoms with Crippen molar-refractivity contribution in [2.75, 3.05) is 43.4 Å². The fourth-order valence-corrected chi connectivity index (χ4v) is 4.28. The van der Waals surface area contributed by atoms with E-state index in [1.54, 1.807) is 0 Å². The van der Waals surface area contributed by atoms with Crippen LogP contribution in [0, 0.1) is 6.92 Å². The van der Waals surface area contributed by atoms with Crippen LogP contribution in [0.1, 0.15) is 5.69 Å². The molecule has 166 valence electrons. The molecule has 1 aliphatic rings. The van der Waals surface area contributed by atoms with Crippen LogP contribution in [0.4, 0.5) is 17.3 Å². The number of aryl methyl sites for hydroxylation is 1. The maximum atomic E-state index is 4.85. The van der Waals surface area contributed by atoms with Gasteiger partial charge in [0.1, 0.15) is 17.0 Å². The van der Waals surface area contributed by atoms with Crippen molar-refractivity contribution >= 4 is 34.0 Å². The Morgan fingerprint density at radius 1 is 1.00 bits per heavy atom. The maximum Gasteiger partial charge on any atom is 0.229 e. The SMILES string of the molecule is Cc1cnc2ccc(-c3nc(Nc4cccc(N5CCN(C)CC5)c4)nc4[nH]ccc34)nn12. The predicted octanol–water partition coefficient (Wildman–Crippen LogP) is 3.47. The van der Waals surface area contributed by atoms with E-state index in [0.717, 1.165) is 65.6 Å². The number of likely N-dealkylation sites (N-methyl/N-ethyl adjacent to an activating group) is 1. The van der Waals surface area contributed by atoms with Crippen molar-refractivity contribution in [3.63, 3.8) is 0 Å². The standard InChI is InChI=1S/C24H25N9/c1-16-15-26-21-7-6-20(30-33(16)21)22-19-8-9-25-23(19)29-24(28-22)27-17-4-3-5-18(14-17)32-12-10-31(2)11-13-32/h3-9,14-15H,10-13H2,1-2H3,(H2,25,27,28,29). The number of anilines is 3. The highest BCUT2D eigenvalue weighted by atomic mass is 15.3. The molecule has 0 unspecified atom stereocenters. The van der Waals surface area contributed by atoms with Crippen LogP contribution < -0.4 is 10.2 Å². The van der Waals surface area contributed by atoms with E-state index >= 15 is 0 Å². The molecule has 5 aromatic rings. The molecule has 0 spiro atoms. The summed E-state index contributed by atoms with van der Waals surface area (Å²) >= 11 is 0. The maximum absolute atomic E-state index is 4.85. The van der Waals surface area contributed by atoms with Crippen LogP contribution in [0.2, 0.25) is 0 Å². The van der Waals surface area contributed by atoms with Crippen LogP contribution in [0.15, 0.2) is 54.9 Å². The molecule has 1 aromatic carbocycles. The third-order valence-electron chi connectivity index (χ3n) is 6.16. The zero-order valence-electron chi connectivity index (χ0n) is 18.7. The van der Waals surface area contributed by atoms with Crippen LogP contribution >= 0.6 is 0 Å². The number of piperazine rings is 1. The molecule has 1 aliphatic heterocycles. The monoisotopic (exact) mass is 439 g/mol. The summed E-state index contributed by atoms with van der Waals surface area (Å²) in [7, 11) is 2.17. The normalized spacial score (nSPS) is 14.9. The van der Waals surface area contributed by atoms with Gasteiger partial charge in [-0.1, -0.05) is 6.07 Å². The second-order valence-electron chi connectivity index (χ2n) is 8.49. The van der Waals surface area contributed by atoms with Gasteiger partial charge in [0.05, 0.1) is 11.9 Å². The van der Waals surface area contributed by atoms with Crippen molar-refractivity contribution in [3.8, 4) is 11.4 Å². The summed E-state index contributed by atoms with van der Waals surface area (Å²) in [5, 5.41) is 9.10. The zero-order chi connectivity index (χ0) is 22.4. The third-order valence-corrected chi connectivity index (χ3v) is 6.16. The average Bonchev–Trinajstić information content (AvgIpc) is 3.46. The second-order valence-corrected chi connectivity index (χ2v) is 8.49. The Morgan fingerprint density at radius 2 is 1.88 bits per heavy atom. The minimum absolute atomic E-state index is 0.528. The first-order valence-electron chi connectivity index (χ1n) is 11.1. The summed E-state index contributed by atoms with van der Waals surface area (Å²) in [5.41, 5.74) is 6.26. The number of fused-ring (bicyclic) bond motifs is 2. The highest BCUT2D eigenvalue weighted by molar-refractivity contribution is 5.90. The van der Waals surface area contributed by atoms with Crippen LogP contribution in [-0.4, -0.2) is 67.7 Å². The van der Waals surface area contributed by atoms with E-state index in [4.69, 9.17) is 15.1 Å². The average molecular weight is 440 g/mol. The first kappa shape index (κ1) is 19.7. The lowest BCUT2D eigenvalue weighted by molar-refractivity contribution is 0.313. The fraction of sp³-hybridized carbons (Fsp3) is 0.250. The van der Waals surface area contributed by atoms with E-state index in [1.165, 1.54) is 5.69 Å². The fourth-order valence-electron chi connectivity index (χ4n) is 4.28. The topological polar surface area (TPSA) is 90.3 Å². The van der Waals surface area contributed by atoms with Gasteiger partial charge in [0, 0.05) is 49.1 Å². The van der Waals surface area contributed by atoms with E-state index in [-0.39, 0.29) is 0 Å². The number of benzene rings is 1. The van der Waals surface area contributed by atoms with Gasteiger partial charge in [0.25, 0.3) is 0 Å². The quantitative estimate of drug-likeness (QED) is 0.443. The molecule has 1 saturated heterocycles. The van der Waals surface area contributed by atoms with Crippen LogP contribution in [0.5, 0.6) is 0 Å². The molecule has 4 aromatic heterocycles. The number of imidazole rings is 1. The molecule has 0 amide bonds. The minimum atomic E-state index is 0.528. The van der Waals surface area contributed by atoms with Crippen molar-refractivity contribution in [1.29, 1.82) is 0 Å². The number of H-pyrrole nitrogens is 1. The van der Waals surface area contributed by atoms with Crippen LogP contribution in [0.3, 0.4) is 0 Å². The molecule has 0 atom stereocenters. The molecule has 0 bridgehead atoms. The lowest BCUT2D eigenvalue weighted by atomic mass is 10.2. The van der Waals surface area contributed by atoms with Crippen molar-refractivity contribution in [2.24, 2.45) is 0 Å². The van der Waals surface area contributed by atoms with Crippen molar-refractivity contribution in [2.45, 2.75) is 6.92 Å². The number of hydrogen-bond donors (Lipinski definition) is 2. The van der Waals surface area contributed by atoms with Crippen LogP contribution in [-0.2, 0) is 0 Å². The summed E-state index contributed by atoms with van der Waals surface area (Å²) in [6.07, 6.45) is 3.69. The van der Waals surface area contributed by atoms with Gasteiger partial charge in [0.2, 0.25) is 5.95 Å². The Morgan fingerprint density at radius 3 is 2.76 bits per heavy atom. The Labute approximate surface area is 191 Å². The molecule has 1 fully saturated rings. The van der Waals surface area contributed by atoms with Gasteiger partial charge in [-0.15, -0.1) is 0 Å². The summed E-state index contributed by atoms with van der Waals surface area (Å²) in [5.74, 6) is 0.528. The van der Waals surface area contributed by atoms with Crippen molar-refractivity contribution < 1.29 is 0 Å². The molecule has 0 saturated carbocycles. The van der Waals surface area contributed by atoms with Gasteiger partial charge in [-0.2, -0.15) is 10.1 Å². The minimum Gasteiger partial charge on any atom is -0.369 e. The number of rotatable bonds is 4. The van der Waals surface area contributed by atoms with Gasteiger partial charge in [-0.25, -0.2) is 14.5 Å². The van der Waals surface area contributed by atoms with Gasteiger partial charge >= 0.3 is 0 Å². The lowest BCUT2D eigenvalue weighted by Gasteiger charge is -2.34. The third kappa shape index (κ3) is 3.66. The summed E-state index contributed by atoms with van der Waals surface area (Å²) < 4.78 is 1.84. The Kier molecular flexibility index (Phi) is 4.69. The number of aromatic nitrogens is 6. The smallest absolute Gasteiger partial charge is 0.229 e. The Balaban J connectivity index is 1.36. The van der Waals surface area contributed by atoms with E-state index in [9.17, 15) is 0 Å². The molecule has 0 aliphatic carbocycles. The summed E-state index contributed by atoms with van der Waals surface area (Å²) in [4.78, 5) is 21.9. The summed E-state index contributed by atoms with van der Waals surface area (Å²) in [6, 6.07) is 14.3. The molecule has 5 heterocycles. The molecule has 6 rings (SSSR count). The number of nitrogens with zero attached hydrogens (tertiary/aromatic N) is 7. The van der Waals surface area contributed by atoms with Gasteiger partial charge in [-0.05, 0) is 50.4 Å². The zero-order valence-corrected chi connectivity index (χ0v) is 18.7. The Bertz CT molecular complexity index is 1440. The van der Waals surface area contributed by atoms with E-state index in [2.05, 4.69) is 50.3 Å². The van der Waals surface area contributed by atoms with E-state index in [0.29, 0.717) is 5.95 Å². The number of hydrogen-bond acceptors (Lipinski definition) is 7. The van der Waals surface area contributed by atoms with Crippen molar-refractivity contribution in [1.82, 2.24) is 34.4 Å². The molecule has 2 N–H and O–H groups in total. The lowest BCUT2D eigenvalue weighted by Crippen LogP contribution is -2.44. The van der Waals surface area contributed by atoms with Gasteiger partial charge < -0.3 is 20.1 Å². The highest BCUT2D eigenvalue weighted by Crippen LogP contribution is 2.28. The first-order chi connectivity index (χ1) is 16.1. The summed E-state index contributed by atoms with van der Waals surface area (Å²) in [6.45, 7) is 6.18. The second kappa shape index (κ2) is 7.86. The molecular weight excluding hydrogens is 414 g/mol. The number of nitrogens with one attached hydrogen (secondary N) is 2. The largest absolute Gasteiger partial charge is 0.369 e. The van der Waals surface area contributed by atoms with E-state index in [1.807, 2.05) is 48.1 Å². The van der Waals surface area contributed by atoms with E-state index < -0.39 is 0 Å². The molecular formula is C24H25N9. The first-order valence-corrected chi connectivity index (χ1v) is 11.1. The van der Waals surface area contributed by atoms with Gasteiger partial charge in [-0.3, -0.25) is 0 Å². The van der Waals surface area contributed by atoms with Crippen LogP contribution in [0.25, 0.3) is 28.1 Å². The van der Waals surface area contributed by atoms with Crippen molar-refractivity contribution in [3.05, 3.63) is 60.6 Å². The van der Waals surface area contributed by atoms with Gasteiger partial charge in [0.15, 0.2) is 5.65 Å². The molecule has 0 radical (unpaired) electrons. The molecule has 9 nitrogen and oxygen atoms in total.